The minimum Gasteiger partial charge on any atom is -0.399 e. The molecule has 2 N–H and O–H groups in total. The van der Waals surface area contributed by atoms with Crippen molar-refractivity contribution in [2.75, 3.05) is 36.9 Å². The lowest BCUT2D eigenvalue weighted by Gasteiger charge is -2.30. The number of nitrogens with two attached hydrogens (primary N) is 1. The van der Waals surface area contributed by atoms with E-state index in [9.17, 15) is 4.21 Å². The summed E-state index contributed by atoms with van der Waals surface area (Å²) in [6.07, 6.45) is 6.40. The molecule has 0 amide bonds. The molecule has 1 saturated heterocycles. The smallest absolute Gasteiger partial charge is 0.172 e. The Morgan fingerprint density at radius 3 is 2.41 bits per heavy atom. The van der Waals surface area contributed by atoms with Gasteiger partial charge in [0.05, 0.1) is 24.0 Å². The van der Waals surface area contributed by atoms with Gasteiger partial charge < -0.3 is 15.4 Å². The molecule has 1 aromatic heterocycles. The van der Waals surface area contributed by atoms with Crippen molar-refractivity contribution in [1.82, 2.24) is 9.97 Å². The van der Waals surface area contributed by atoms with E-state index in [0.717, 1.165) is 74.4 Å². The summed E-state index contributed by atoms with van der Waals surface area (Å²) in [5.74, 6) is 1.63. The van der Waals surface area contributed by atoms with Crippen LogP contribution in [-0.4, -0.2) is 41.5 Å². The Morgan fingerprint density at radius 2 is 1.76 bits per heavy atom. The minimum absolute atomic E-state index is 0.289. The summed E-state index contributed by atoms with van der Waals surface area (Å²) in [6, 6.07) is 9.83. The lowest BCUT2D eigenvalue weighted by Crippen LogP contribution is -2.38. The van der Waals surface area contributed by atoms with Gasteiger partial charge >= 0.3 is 0 Å². The number of rotatable bonds is 5. The number of nitrogens with zero attached hydrogens (tertiary/aromatic N) is 3. The zero-order valence-corrected chi connectivity index (χ0v) is 17.6. The number of morpholine rings is 1. The second-order valence-electron chi connectivity index (χ2n) is 8.45. The molecule has 2 aliphatic carbocycles. The quantitative estimate of drug-likeness (QED) is 0.461. The third-order valence-electron chi connectivity index (χ3n) is 6.42. The predicted octanol–water partition coefficient (Wildman–Crippen LogP) is 3.19. The van der Waals surface area contributed by atoms with Gasteiger partial charge in [0.2, 0.25) is 0 Å². The highest BCUT2D eigenvalue weighted by Gasteiger charge is 2.54. The van der Waals surface area contributed by atoms with Crippen LogP contribution in [0.1, 0.15) is 44.2 Å². The summed E-state index contributed by atoms with van der Waals surface area (Å²) < 4.78 is 18.8. The Labute approximate surface area is 174 Å². The van der Waals surface area contributed by atoms with Crippen LogP contribution < -0.4 is 10.6 Å². The Hall–Kier alpha value is -1.99. The van der Waals surface area contributed by atoms with Gasteiger partial charge in [0.1, 0.15) is 16.8 Å². The van der Waals surface area contributed by atoms with Crippen LogP contribution in [-0.2, 0) is 24.5 Å². The molecule has 1 atom stereocenters. The first-order valence-electron chi connectivity index (χ1n) is 10.7. The Bertz CT molecular complexity index is 902. The molecule has 1 aliphatic heterocycles. The Kier molecular flexibility index (Phi) is 5.04. The summed E-state index contributed by atoms with van der Waals surface area (Å²) in [4.78, 5) is 12.2. The van der Waals surface area contributed by atoms with Crippen molar-refractivity contribution in [2.45, 2.75) is 48.5 Å². The molecule has 1 aromatic carbocycles. The van der Waals surface area contributed by atoms with Crippen LogP contribution in [0.2, 0.25) is 0 Å². The minimum atomic E-state index is -1.31. The molecule has 0 bridgehead atoms. The molecule has 5 rings (SSSR count). The molecule has 7 heteroatoms. The number of ether oxygens (including phenoxy) is 1. The Balaban J connectivity index is 1.62. The van der Waals surface area contributed by atoms with Gasteiger partial charge in [-0.05, 0) is 49.9 Å². The van der Waals surface area contributed by atoms with E-state index >= 15 is 0 Å². The van der Waals surface area contributed by atoms with Crippen molar-refractivity contribution in [1.29, 1.82) is 0 Å². The van der Waals surface area contributed by atoms with Gasteiger partial charge in [-0.25, -0.2) is 9.97 Å². The second-order valence-corrected chi connectivity index (χ2v) is 10.7. The summed E-state index contributed by atoms with van der Waals surface area (Å²) in [5.41, 5.74) is 8.53. The maximum absolute atomic E-state index is 13.5. The topological polar surface area (TPSA) is 81.3 Å². The number of benzene rings is 1. The second kappa shape index (κ2) is 7.69. The summed E-state index contributed by atoms with van der Waals surface area (Å²) >= 11 is 0. The summed E-state index contributed by atoms with van der Waals surface area (Å²) in [7, 11) is -1.31. The molecule has 2 saturated carbocycles. The molecule has 2 aromatic rings. The summed E-state index contributed by atoms with van der Waals surface area (Å²) in [5, 5.41) is 0.380. The number of thiol groups is 1. The SMILES string of the molecule is Nc1ccc(-c2nc(N3CCOCC3)cc(C3([SH+](=O)C4CC4)CCCC3)n2)cc1. The molecule has 29 heavy (non-hydrogen) atoms. The van der Waals surface area contributed by atoms with E-state index < -0.39 is 10.8 Å². The maximum atomic E-state index is 13.5. The highest BCUT2D eigenvalue weighted by molar-refractivity contribution is 7.86. The fraction of sp³-hybridized carbons (Fsp3) is 0.545. The standard InChI is InChI=1S/C22H28N4O2S/c23-17-5-3-16(4-6-17)21-24-19(15-20(25-21)26-11-13-28-14-12-26)22(9-1-2-10-22)29(27)18-7-8-18/h3-6,15,18H,1-2,7-14,23H2/p+1. The molecule has 3 aliphatic rings. The zero-order chi connectivity index (χ0) is 19.8. The van der Waals surface area contributed by atoms with E-state index in [-0.39, 0.29) is 4.75 Å². The molecular weight excluding hydrogens is 384 g/mol. The maximum Gasteiger partial charge on any atom is 0.172 e. The van der Waals surface area contributed by atoms with Crippen LogP contribution in [0.5, 0.6) is 0 Å². The molecule has 2 heterocycles. The van der Waals surface area contributed by atoms with Gasteiger partial charge in [-0.1, -0.05) is 0 Å². The van der Waals surface area contributed by atoms with E-state index in [0.29, 0.717) is 24.3 Å². The first-order chi connectivity index (χ1) is 14.2. The van der Waals surface area contributed by atoms with Gasteiger partial charge in [-0.2, -0.15) is 0 Å². The fourth-order valence-corrected chi connectivity index (χ4v) is 7.01. The van der Waals surface area contributed by atoms with Crippen LogP contribution in [0.15, 0.2) is 30.3 Å². The van der Waals surface area contributed by atoms with E-state index in [1.807, 2.05) is 24.3 Å². The molecule has 1 unspecified atom stereocenters. The highest BCUT2D eigenvalue weighted by Crippen LogP contribution is 2.49. The van der Waals surface area contributed by atoms with Gasteiger partial charge in [0.25, 0.3) is 0 Å². The highest BCUT2D eigenvalue weighted by atomic mass is 32.2. The average Bonchev–Trinajstić information content (AvgIpc) is 3.50. The van der Waals surface area contributed by atoms with Crippen molar-refractivity contribution in [3.05, 3.63) is 36.0 Å². The van der Waals surface area contributed by atoms with E-state index in [1.165, 1.54) is 0 Å². The van der Waals surface area contributed by atoms with Crippen LogP contribution >= 0.6 is 0 Å². The number of hydrogen-bond donors (Lipinski definition) is 1. The summed E-state index contributed by atoms with van der Waals surface area (Å²) in [6.45, 7) is 3.05. The molecular formula is C22H29N4O2S+. The number of nitrogen functional groups attached to an aromatic ring is 1. The molecule has 154 valence electrons. The normalized spacial score (nSPS) is 22.6. The lowest BCUT2D eigenvalue weighted by atomic mass is 10.0. The van der Waals surface area contributed by atoms with Crippen LogP contribution in [0.25, 0.3) is 11.4 Å². The van der Waals surface area contributed by atoms with Crippen molar-refractivity contribution in [3.63, 3.8) is 0 Å². The van der Waals surface area contributed by atoms with Crippen molar-refractivity contribution in [2.24, 2.45) is 0 Å². The van der Waals surface area contributed by atoms with Gasteiger partial charge in [0, 0.05) is 43.2 Å². The van der Waals surface area contributed by atoms with E-state index in [4.69, 9.17) is 20.4 Å². The third-order valence-corrected chi connectivity index (χ3v) is 9.12. The predicted molar refractivity (Wildman–Crippen MR) is 118 cm³/mol. The molecule has 6 nitrogen and oxygen atoms in total. The molecule has 0 radical (unpaired) electrons. The molecule has 3 fully saturated rings. The van der Waals surface area contributed by atoms with Crippen LogP contribution in [0.3, 0.4) is 0 Å². The van der Waals surface area contributed by atoms with E-state index in [2.05, 4.69) is 11.0 Å². The van der Waals surface area contributed by atoms with Gasteiger partial charge in [-0.15, -0.1) is 4.21 Å². The lowest BCUT2D eigenvalue weighted by molar-refractivity contribution is 0.122. The zero-order valence-electron chi connectivity index (χ0n) is 16.7. The van der Waals surface area contributed by atoms with Crippen LogP contribution in [0, 0.1) is 0 Å². The van der Waals surface area contributed by atoms with Gasteiger partial charge in [0.15, 0.2) is 10.6 Å². The van der Waals surface area contributed by atoms with Crippen molar-refractivity contribution < 1.29 is 8.95 Å². The van der Waals surface area contributed by atoms with Gasteiger partial charge in [-0.3, -0.25) is 0 Å². The first-order valence-corrected chi connectivity index (χ1v) is 12.0. The largest absolute Gasteiger partial charge is 0.399 e. The first kappa shape index (κ1) is 19.0. The number of aromatic nitrogens is 2. The van der Waals surface area contributed by atoms with E-state index in [1.54, 1.807) is 0 Å². The number of hydrogen-bond acceptors (Lipinski definition) is 6. The van der Waals surface area contributed by atoms with Crippen molar-refractivity contribution >= 4 is 22.3 Å². The van der Waals surface area contributed by atoms with Crippen LogP contribution in [0.4, 0.5) is 11.5 Å². The number of anilines is 2. The molecule has 0 spiro atoms. The van der Waals surface area contributed by atoms with Crippen molar-refractivity contribution in [3.8, 4) is 11.4 Å². The Morgan fingerprint density at radius 1 is 1.07 bits per heavy atom. The fourth-order valence-electron chi connectivity index (χ4n) is 4.60. The monoisotopic (exact) mass is 413 g/mol. The average molecular weight is 414 g/mol. The third kappa shape index (κ3) is 3.66.